The van der Waals surface area contributed by atoms with Crippen LogP contribution in [0.2, 0.25) is 0 Å². The van der Waals surface area contributed by atoms with Crippen LogP contribution >= 0.6 is 15.9 Å². The molecule has 20 heavy (non-hydrogen) atoms. The molecule has 1 N–H and O–H groups in total. The Hall–Kier alpha value is -1.40. The number of carbonyl (C=O) groups excluding carboxylic acids is 2. The molecule has 0 spiro atoms. The predicted octanol–water partition coefficient (Wildman–Crippen LogP) is 1.90. The van der Waals surface area contributed by atoms with Crippen LogP contribution in [0.5, 0.6) is 0 Å². The molecule has 1 atom stereocenters. The summed E-state index contributed by atoms with van der Waals surface area (Å²) < 4.78 is 11.0. The van der Waals surface area contributed by atoms with Crippen LogP contribution < -0.4 is 5.32 Å². The molecule has 1 amide bonds. The van der Waals surface area contributed by atoms with Gasteiger partial charge in [-0.3, -0.25) is 4.79 Å². The summed E-state index contributed by atoms with van der Waals surface area (Å²) in [5, 5.41) is 2.69. The molecular weight excluding hydrogens is 326 g/mol. The molecule has 0 aromatic heterocycles. The van der Waals surface area contributed by atoms with E-state index in [2.05, 4.69) is 21.2 Å². The number of nitrogens with one attached hydrogen (secondary N) is 1. The summed E-state index contributed by atoms with van der Waals surface area (Å²) in [7, 11) is 0. The van der Waals surface area contributed by atoms with Crippen LogP contribution in [-0.4, -0.2) is 37.7 Å². The lowest BCUT2D eigenvalue weighted by Crippen LogP contribution is -2.34. The number of ether oxygens (including phenoxy) is 2. The molecule has 0 saturated carbocycles. The van der Waals surface area contributed by atoms with Gasteiger partial charge in [-0.25, -0.2) is 4.79 Å². The third kappa shape index (κ3) is 4.31. The molecule has 1 fully saturated rings. The summed E-state index contributed by atoms with van der Waals surface area (Å²) in [6.45, 7) is 0.926. The lowest BCUT2D eigenvalue weighted by Gasteiger charge is -2.11. The molecule has 108 valence electrons. The number of hydrogen-bond donors (Lipinski definition) is 1. The van der Waals surface area contributed by atoms with Crippen LogP contribution in [0.15, 0.2) is 28.7 Å². The Bertz CT molecular complexity index is 486. The van der Waals surface area contributed by atoms with Crippen molar-refractivity contribution < 1.29 is 19.1 Å². The fraction of sp³-hybridized carbons (Fsp3) is 0.429. The van der Waals surface area contributed by atoms with Crippen LogP contribution in [0.4, 0.5) is 0 Å². The zero-order valence-corrected chi connectivity index (χ0v) is 12.5. The Morgan fingerprint density at radius 3 is 2.90 bits per heavy atom. The molecule has 1 saturated heterocycles. The van der Waals surface area contributed by atoms with Gasteiger partial charge in [0.15, 0.2) is 6.61 Å². The van der Waals surface area contributed by atoms with Crippen LogP contribution in [0, 0.1) is 0 Å². The molecule has 6 heteroatoms. The fourth-order valence-corrected chi connectivity index (χ4v) is 2.37. The Kier molecular flexibility index (Phi) is 5.55. The van der Waals surface area contributed by atoms with Gasteiger partial charge in [0.2, 0.25) is 0 Å². The van der Waals surface area contributed by atoms with E-state index in [9.17, 15) is 9.59 Å². The number of carbonyl (C=O) groups is 2. The molecule has 1 aliphatic rings. The highest BCUT2D eigenvalue weighted by Gasteiger charge is 2.17. The van der Waals surface area contributed by atoms with Crippen LogP contribution in [0.1, 0.15) is 23.2 Å². The van der Waals surface area contributed by atoms with Crippen LogP contribution in [-0.2, 0) is 14.3 Å². The van der Waals surface area contributed by atoms with Crippen molar-refractivity contribution in [1.29, 1.82) is 0 Å². The lowest BCUT2D eigenvalue weighted by atomic mass is 10.2. The fourth-order valence-electron chi connectivity index (χ4n) is 1.92. The minimum atomic E-state index is -0.523. The van der Waals surface area contributed by atoms with Gasteiger partial charge in [0.25, 0.3) is 5.91 Å². The summed E-state index contributed by atoms with van der Waals surface area (Å²) >= 11 is 3.26. The zero-order chi connectivity index (χ0) is 14.4. The number of benzene rings is 1. The molecule has 0 bridgehead atoms. The number of halogens is 1. The normalized spacial score (nSPS) is 17.8. The summed E-state index contributed by atoms with van der Waals surface area (Å²) in [4.78, 5) is 23.3. The van der Waals surface area contributed by atoms with Crippen molar-refractivity contribution in [2.45, 2.75) is 18.9 Å². The van der Waals surface area contributed by atoms with Crippen LogP contribution in [0.25, 0.3) is 0 Å². The van der Waals surface area contributed by atoms with Crippen molar-refractivity contribution in [2.75, 3.05) is 19.8 Å². The van der Waals surface area contributed by atoms with Gasteiger partial charge in [-0.15, -0.1) is 0 Å². The first-order valence-electron chi connectivity index (χ1n) is 6.47. The SMILES string of the molecule is O=C(COC(=O)c1ccccc1Br)NC[C@H]1CCCO1. The largest absolute Gasteiger partial charge is 0.452 e. The molecule has 5 nitrogen and oxygen atoms in total. The van der Waals surface area contributed by atoms with Gasteiger partial charge in [-0.05, 0) is 40.9 Å². The van der Waals surface area contributed by atoms with E-state index in [1.165, 1.54) is 0 Å². The summed E-state index contributed by atoms with van der Waals surface area (Å²) in [5.41, 5.74) is 0.402. The lowest BCUT2D eigenvalue weighted by molar-refractivity contribution is -0.124. The second-order valence-corrected chi connectivity index (χ2v) is 5.35. The zero-order valence-electron chi connectivity index (χ0n) is 10.9. The first-order valence-corrected chi connectivity index (χ1v) is 7.26. The van der Waals surface area contributed by atoms with Crippen LogP contribution in [0.3, 0.4) is 0 Å². The van der Waals surface area contributed by atoms with E-state index in [1.807, 2.05) is 0 Å². The van der Waals surface area contributed by atoms with Gasteiger partial charge < -0.3 is 14.8 Å². The van der Waals surface area contributed by atoms with E-state index >= 15 is 0 Å². The smallest absolute Gasteiger partial charge is 0.339 e. The average molecular weight is 342 g/mol. The van der Waals surface area contributed by atoms with Gasteiger partial charge >= 0.3 is 5.97 Å². The Balaban J connectivity index is 1.72. The molecule has 1 aromatic carbocycles. The molecule has 0 radical (unpaired) electrons. The van der Waals surface area contributed by atoms with E-state index in [4.69, 9.17) is 9.47 Å². The number of hydrogen-bond acceptors (Lipinski definition) is 4. The number of rotatable bonds is 5. The molecule has 0 unspecified atom stereocenters. The van der Waals surface area contributed by atoms with Crippen molar-refractivity contribution in [3.05, 3.63) is 34.3 Å². The summed E-state index contributed by atoms with van der Waals surface area (Å²) in [5.74, 6) is -0.842. The monoisotopic (exact) mass is 341 g/mol. The van der Waals surface area contributed by atoms with Crippen molar-refractivity contribution in [2.24, 2.45) is 0 Å². The molecule has 0 aliphatic carbocycles. The first kappa shape index (κ1) is 15.0. The highest BCUT2D eigenvalue weighted by Crippen LogP contribution is 2.16. The Morgan fingerprint density at radius 2 is 2.20 bits per heavy atom. The summed E-state index contributed by atoms with van der Waals surface area (Å²) in [6, 6.07) is 6.92. The maximum Gasteiger partial charge on any atom is 0.339 e. The Labute approximate surface area is 125 Å². The average Bonchev–Trinajstić information content (AvgIpc) is 2.96. The third-order valence-electron chi connectivity index (χ3n) is 2.98. The Morgan fingerprint density at radius 1 is 1.40 bits per heavy atom. The van der Waals surface area contributed by atoms with E-state index in [0.29, 0.717) is 16.6 Å². The standard InChI is InChI=1S/C14H16BrNO4/c15-12-6-2-1-5-11(12)14(18)20-9-13(17)16-8-10-4-3-7-19-10/h1-2,5-6,10H,3-4,7-9H2,(H,16,17)/t10-/m1/s1. The topological polar surface area (TPSA) is 64.6 Å². The molecule has 1 aliphatic heterocycles. The molecule has 1 aromatic rings. The minimum Gasteiger partial charge on any atom is -0.452 e. The first-order chi connectivity index (χ1) is 9.66. The predicted molar refractivity (Wildman–Crippen MR) is 76.4 cm³/mol. The van der Waals surface area contributed by atoms with Gasteiger partial charge in [0.1, 0.15) is 0 Å². The molecular formula is C14H16BrNO4. The minimum absolute atomic E-state index is 0.0814. The van der Waals surface area contributed by atoms with E-state index < -0.39 is 5.97 Å². The van der Waals surface area contributed by atoms with Crippen molar-refractivity contribution in [1.82, 2.24) is 5.32 Å². The second kappa shape index (κ2) is 7.40. The van der Waals surface area contributed by atoms with E-state index in [0.717, 1.165) is 19.4 Å². The second-order valence-electron chi connectivity index (χ2n) is 4.50. The summed E-state index contributed by atoms with van der Waals surface area (Å²) in [6.07, 6.45) is 2.06. The number of esters is 1. The number of amides is 1. The molecule has 1 heterocycles. The quantitative estimate of drug-likeness (QED) is 0.831. The highest BCUT2D eigenvalue weighted by molar-refractivity contribution is 9.10. The van der Waals surface area contributed by atoms with Crippen molar-refractivity contribution in [3.63, 3.8) is 0 Å². The van der Waals surface area contributed by atoms with E-state index in [1.54, 1.807) is 24.3 Å². The maximum atomic E-state index is 11.8. The van der Waals surface area contributed by atoms with Gasteiger partial charge in [0.05, 0.1) is 11.7 Å². The molecule has 2 rings (SSSR count). The van der Waals surface area contributed by atoms with Crippen molar-refractivity contribution in [3.8, 4) is 0 Å². The van der Waals surface area contributed by atoms with Crippen molar-refractivity contribution >= 4 is 27.8 Å². The van der Waals surface area contributed by atoms with E-state index in [-0.39, 0.29) is 18.6 Å². The van der Waals surface area contributed by atoms with Gasteiger partial charge in [0, 0.05) is 17.6 Å². The van der Waals surface area contributed by atoms with Gasteiger partial charge in [-0.2, -0.15) is 0 Å². The third-order valence-corrected chi connectivity index (χ3v) is 3.67. The highest BCUT2D eigenvalue weighted by atomic mass is 79.9. The maximum absolute atomic E-state index is 11.8. The van der Waals surface area contributed by atoms with Gasteiger partial charge in [-0.1, -0.05) is 12.1 Å².